The lowest BCUT2D eigenvalue weighted by Crippen LogP contribution is -2.08. The number of anilines is 1. The molecule has 0 spiro atoms. The fourth-order valence-corrected chi connectivity index (χ4v) is 2.66. The van der Waals surface area contributed by atoms with Gasteiger partial charge in [0.05, 0.1) is 18.9 Å². The van der Waals surface area contributed by atoms with Crippen LogP contribution in [0.2, 0.25) is 0 Å². The monoisotopic (exact) mass is 283 g/mol. The van der Waals surface area contributed by atoms with E-state index in [0.29, 0.717) is 6.61 Å². The van der Waals surface area contributed by atoms with Crippen molar-refractivity contribution < 1.29 is 9.47 Å². The summed E-state index contributed by atoms with van der Waals surface area (Å²) in [6.07, 6.45) is 1.01. The zero-order valence-corrected chi connectivity index (χ0v) is 12.6. The maximum Gasteiger partial charge on any atom is 0.142 e. The fourth-order valence-electron chi connectivity index (χ4n) is 2.66. The Hall–Kier alpha value is -2.16. The average molecular weight is 283 g/mol. The topological polar surface area (TPSA) is 30.5 Å². The number of rotatable bonds is 5. The van der Waals surface area contributed by atoms with Gasteiger partial charge in [-0.05, 0) is 49.2 Å². The summed E-state index contributed by atoms with van der Waals surface area (Å²) in [4.78, 5) is 0. The average Bonchev–Trinajstić information content (AvgIpc) is 2.97. The number of benzene rings is 2. The molecule has 3 rings (SSSR count). The Morgan fingerprint density at radius 3 is 2.95 bits per heavy atom. The van der Waals surface area contributed by atoms with E-state index in [1.54, 1.807) is 0 Å². The summed E-state index contributed by atoms with van der Waals surface area (Å²) < 4.78 is 11.2. The van der Waals surface area contributed by atoms with E-state index >= 15 is 0 Å². The van der Waals surface area contributed by atoms with Crippen LogP contribution in [-0.2, 0) is 6.42 Å². The first-order valence-electron chi connectivity index (χ1n) is 7.52. The number of ether oxygens (including phenoxy) is 2. The lowest BCUT2D eigenvalue weighted by molar-refractivity contribution is 0.341. The van der Waals surface area contributed by atoms with E-state index in [1.165, 1.54) is 11.1 Å². The first-order valence-corrected chi connectivity index (χ1v) is 7.52. The van der Waals surface area contributed by atoms with Gasteiger partial charge in [-0.1, -0.05) is 18.2 Å². The van der Waals surface area contributed by atoms with Gasteiger partial charge in [-0.2, -0.15) is 0 Å². The first kappa shape index (κ1) is 13.8. The highest BCUT2D eigenvalue weighted by Crippen LogP contribution is 2.31. The molecule has 0 radical (unpaired) electrons. The van der Waals surface area contributed by atoms with E-state index in [-0.39, 0.29) is 6.04 Å². The van der Waals surface area contributed by atoms with Crippen LogP contribution < -0.4 is 14.8 Å². The zero-order valence-electron chi connectivity index (χ0n) is 12.6. The third kappa shape index (κ3) is 2.97. The summed E-state index contributed by atoms with van der Waals surface area (Å²) in [5.74, 6) is 1.93. The highest BCUT2D eigenvalue weighted by molar-refractivity contribution is 5.57. The Kier molecular flexibility index (Phi) is 4.00. The second-order valence-electron chi connectivity index (χ2n) is 5.26. The Morgan fingerprint density at radius 2 is 2.10 bits per heavy atom. The second kappa shape index (κ2) is 6.08. The SMILES string of the molecule is CCOc1ccccc1NC(C)c1ccc2c(c1)CCO2. The van der Waals surface area contributed by atoms with E-state index in [4.69, 9.17) is 9.47 Å². The molecule has 1 aliphatic rings. The van der Waals surface area contributed by atoms with Gasteiger partial charge in [0.15, 0.2) is 0 Å². The van der Waals surface area contributed by atoms with Gasteiger partial charge >= 0.3 is 0 Å². The van der Waals surface area contributed by atoms with Gasteiger partial charge in [0.25, 0.3) is 0 Å². The molecule has 21 heavy (non-hydrogen) atoms. The number of hydrogen-bond donors (Lipinski definition) is 1. The molecule has 2 aromatic rings. The molecular weight excluding hydrogens is 262 g/mol. The van der Waals surface area contributed by atoms with Crippen LogP contribution in [0.5, 0.6) is 11.5 Å². The van der Waals surface area contributed by atoms with Gasteiger partial charge in [0, 0.05) is 12.5 Å². The van der Waals surface area contributed by atoms with Crippen LogP contribution >= 0.6 is 0 Å². The van der Waals surface area contributed by atoms with Crippen molar-refractivity contribution >= 4 is 5.69 Å². The molecular formula is C18H21NO2. The predicted molar refractivity (Wildman–Crippen MR) is 85.3 cm³/mol. The van der Waals surface area contributed by atoms with Crippen molar-refractivity contribution in [2.75, 3.05) is 18.5 Å². The minimum atomic E-state index is 0.220. The Labute approximate surface area is 125 Å². The molecule has 1 heterocycles. The minimum Gasteiger partial charge on any atom is -0.493 e. The van der Waals surface area contributed by atoms with Crippen LogP contribution in [0.25, 0.3) is 0 Å². The van der Waals surface area contributed by atoms with E-state index in [1.807, 2.05) is 25.1 Å². The van der Waals surface area contributed by atoms with E-state index in [2.05, 4.69) is 36.5 Å². The molecule has 1 unspecified atom stereocenters. The second-order valence-corrected chi connectivity index (χ2v) is 5.26. The van der Waals surface area contributed by atoms with Crippen molar-refractivity contribution in [3.8, 4) is 11.5 Å². The van der Waals surface area contributed by atoms with Crippen LogP contribution in [0.3, 0.4) is 0 Å². The molecule has 1 aliphatic heterocycles. The van der Waals surface area contributed by atoms with Crippen molar-refractivity contribution in [3.63, 3.8) is 0 Å². The number of nitrogens with one attached hydrogen (secondary N) is 1. The smallest absolute Gasteiger partial charge is 0.142 e. The summed E-state index contributed by atoms with van der Waals surface area (Å²) in [6, 6.07) is 14.7. The molecule has 1 atom stereocenters. The highest BCUT2D eigenvalue weighted by Gasteiger charge is 2.15. The van der Waals surface area contributed by atoms with Gasteiger partial charge in [0.1, 0.15) is 11.5 Å². The molecule has 0 fully saturated rings. The van der Waals surface area contributed by atoms with Crippen molar-refractivity contribution in [1.82, 2.24) is 0 Å². The van der Waals surface area contributed by atoms with Crippen molar-refractivity contribution in [2.45, 2.75) is 26.3 Å². The van der Waals surface area contributed by atoms with Crippen molar-refractivity contribution in [2.24, 2.45) is 0 Å². The molecule has 0 saturated heterocycles. The molecule has 110 valence electrons. The van der Waals surface area contributed by atoms with Crippen LogP contribution in [-0.4, -0.2) is 13.2 Å². The van der Waals surface area contributed by atoms with Crippen molar-refractivity contribution in [1.29, 1.82) is 0 Å². The normalized spacial score (nSPS) is 14.2. The molecule has 0 aliphatic carbocycles. The molecule has 0 saturated carbocycles. The highest BCUT2D eigenvalue weighted by atomic mass is 16.5. The minimum absolute atomic E-state index is 0.220. The molecule has 0 amide bonds. The number of fused-ring (bicyclic) bond motifs is 1. The van der Waals surface area contributed by atoms with Gasteiger partial charge in [0.2, 0.25) is 0 Å². The zero-order chi connectivity index (χ0) is 14.7. The lowest BCUT2D eigenvalue weighted by Gasteiger charge is -2.19. The standard InChI is InChI=1S/C18H21NO2/c1-3-20-18-7-5-4-6-16(18)19-13(2)14-8-9-17-15(12-14)10-11-21-17/h4-9,12-13,19H,3,10-11H2,1-2H3. The predicted octanol–water partition coefficient (Wildman–Crippen LogP) is 4.19. The van der Waals surface area contributed by atoms with Crippen LogP contribution in [0.1, 0.15) is 31.0 Å². The molecule has 3 heteroatoms. The van der Waals surface area contributed by atoms with Crippen LogP contribution in [0.15, 0.2) is 42.5 Å². The maximum absolute atomic E-state index is 5.67. The summed E-state index contributed by atoms with van der Waals surface area (Å²) in [7, 11) is 0. The summed E-state index contributed by atoms with van der Waals surface area (Å²) in [5.41, 5.74) is 3.60. The Balaban J connectivity index is 1.78. The quantitative estimate of drug-likeness (QED) is 0.892. The third-order valence-corrected chi connectivity index (χ3v) is 3.77. The molecule has 2 aromatic carbocycles. The summed E-state index contributed by atoms with van der Waals surface area (Å²) in [6.45, 7) is 5.64. The van der Waals surface area contributed by atoms with Crippen molar-refractivity contribution in [3.05, 3.63) is 53.6 Å². The summed E-state index contributed by atoms with van der Waals surface area (Å²) >= 11 is 0. The van der Waals surface area contributed by atoms with Gasteiger partial charge in [-0.25, -0.2) is 0 Å². The van der Waals surface area contributed by atoms with E-state index in [9.17, 15) is 0 Å². The van der Waals surface area contributed by atoms with Crippen LogP contribution in [0, 0.1) is 0 Å². The summed E-state index contributed by atoms with van der Waals surface area (Å²) in [5, 5.41) is 3.54. The third-order valence-electron chi connectivity index (χ3n) is 3.77. The molecule has 1 N–H and O–H groups in total. The molecule has 0 aromatic heterocycles. The van der Waals surface area contributed by atoms with Gasteiger partial charge < -0.3 is 14.8 Å². The van der Waals surface area contributed by atoms with Crippen LogP contribution in [0.4, 0.5) is 5.69 Å². The molecule has 3 nitrogen and oxygen atoms in total. The number of hydrogen-bond acceptors (Lipinski definition) is 3. The Bertz CT molecular complexity index is 624. The van der Waals surface area contributed by atoms with E-state index in [0.717, 1.165) is 30.2 Å². The Morgan fingerprint density at radius 1 is 1.24 bits per heavy atom. The lowest BCUT2D eigenvalue weighted by atomic mass is 10.0. The van der Waals surface area contributed by atoms with E-state index < -0.39 is 0 Å². The van der Waals surface area contributed by atoms with Gasteiger partial charge in [-0.3, -0.25) is 0 Å². The molecule has 0 bridgehead atoms. The largest absolute Gasteiger partial charge is 0.493 e. The maximum atomic E-state index is 5.67. The number of para-hydroxylation sites is 2. The van der Waals surface area contributed by atoms with Gasteiger partial charge in [-0.15, -0.1) is 0 Å². The fraction of sp³-hybridized carbons (Fsp3) is 0.333. The first-order chi connectivity index (χ1) is 10.3.